The molecular weight excluding hydrogens is 280 g/mol. The van der Waals surface area contributed by atoms with Gasteiger partial charge in [-0.1, -0.05) is 26.8 Å². The molecule has 122 valence electrons. The maximum atomic E-state index is 12.6. The summed E-state index contributed by atoms with van der Waals surface area (Å²) in [7, 11) is 0. The zero-order valence-corrected chi connectivity index (χ0v) is 14.3. The van der Waals surface area contributed by atoms with Crippen LogP contribution in [0.1, 0.15) is 47.2 Å². The van der Waals surface area contributed by atoms with Crippen molar-refractivity contribution >= 4 is 11.9 Å². The standard InChI is InChI=1S/C17H26N2O3/c1-16(2,3)14(19-15(21)22-17(4,5)6)13(20)11-12-9-7-8-10-18-12/h7-10,14H,11H2,1-6H3,(H,19,21)/t14-/m1/s1. The van der Waals surface area contributed by atoms with Crippen LogP contribution in [0.4, 0.5) is 4.79 Å². The van der Waals surface area contributed by atoms with E-state index in [1.807, 2.05) is 26.8 Å². The molecule has 0 saturated carbocycles. The molecule has 0 unspecified atom stereocenters. The van der Waals surface area contributed by atoms with Gasteiger partial charge in [-0.2, -0.15) is 0 Å². The van der Waals surface area contributed by atoms with Gasteiger partial charge in [0.1, 0.15) is 5.60 Å². The zero-order valence-electron chi connectivity index (χ0n) is 14.3. The Labute approximate surface area is 132 Å². The van der Waals surface area contributed by atoms with Crippen LogP contribution in [0.2, 0.25) is 0 Å². The number of hydrogen-bond donors (Lipinski definition) is 1. The average Bonchev–Trinajstić information content (AvgIpc) is 2.33. The largest absolute Gasteiger partial charge is 0.444 e. The molecule has 1 rings (SSSR count). The summed E-state index contributed by atoms with van der Waals surface area (Å²) in [6, 6.07) is 4.80. The van der Waals surface area contributed by atoms with Crippen LogP contribution in [0.15, 0.2) is 24.4 Å². The number of amides is 1. The van der Waals surface area contributed by atoms with Crippen molar-refractivity contribution in [1.29, 1.82) is 0 Å². The third kappa shape index (κ3) is 6.24. The summed E-state index contributed by atoms with van der Waals surface area (Å²) in [5.41, 5.74) is -0.327. The van der Waals surface area contributed by atoms with E-state index in [1.165, 1.54) is 0 Å². The van der Waals surface area contributed by atoms with Crippen LogP contribution in [-0.2, 0) is 16.0 Å². The third-order valence-corrected chi connectivity index (χ3v) is 2.93. The first kappa shape index (κ1) is 18.1. The highest BCUT2D eigenvalue weighted by molar-refractivity contribution is 5.89. The molecule has 0 spiro atoms. The number of nitrogens with zero attached hydrogens (tertiary/aromatic N) is 1. The Morgan fingerprint density at radius 2 is 1.82 bits per heavy atom. The quantitative estimate of drug-likeness (QED) is 0.928. The number of alkyl carbamates (subject to hydrolysis) is 1. The molecule has 0 aliphatic rings. The van der Waals surface area contributed by atoms with E-state index in [0.29, 0.717) is 5.69 Å². The van der Waals surface area contributed by atoms with Crippen molar-refractivity contribution in [3.8, 4) is 0 Å². The van der Waals surface area contributed by atoms with E-state index in [9.17, 15) is 9.59 Å². The summed E-state index contributed by atoms with van der Waals surface area (Å²) >= 11 is 0. The number of pyridine rings is 1. The minimum Gasteiger partial charge on any atom is -0.444 e. The van der Waals surface area contributed by atoms with E-state index >= 15 is 0 Å². The molecule has 5 nitrogen and oxygen atoms in total. The highest BCUT2D eigenvalue weighted by Gasteiger charge is 2.33. The maximum Gasteiger partial charge on any atom is 0.408 e. The molecule has 1 heterocycles. The second-order valence-electron chi connectivity index (χ2n) is 7.41. The Balaban J connectivity index is 2.81. The molecule has 0 radical (unpaired) electrons. The molecule has 0 bridgehead atoms. The van der Waals surface area contributed by atoms with Gasteiger partial charge in [0.15, 0.2) is 5.78 Å². The van der Waals surface area contributed by atoms with E-state index in [-0.39, 0.29) is 12.2 Å². The van der Waals surface area contributed by atoms with Crippen molar-refractivity contribution in [2.24, 2.45) is 5.41 Å². The molecule has 0 aliphatic heterocycles. The van der Waals surface area contributed by atoms with Gasteiger partial charge in [0.05, 0.1) is 12.5 Å². The van der Waals surface area contributed by atoms with Crippen molar-refractivity contribution < 1.29 is 14.3 Å². The lowest BCUT2D eigenvalue weighted by atomic mass is 9.83. The molecule has 5 heteroatoms. The van der Waals surface area contributed by atoms with Crippen molar-refractivity contribution in [1.82, 2.24) is 10.3 Å². The molecule has 1 N–H and O–H groups in total. The highest BCUT2D eigenvalue weighted by Crippen LogP contribution is 2.22. The number of rotatable bonds is 4. The first-order valence-corrected chi connectivity index (χ1v) is 7.41. The molecule has 0 aromatic carbocycles. The van der Waals surface area contributed by atoms with E-state index in [2.05, 4.69) is 10.3 Å². The first-order chi connectivity index (χ1) is 9.99. The fraction of sp³-hybridized carbons (Fsp3) is 0.588. The topological polar surface area (TPSA) is 68.3 Å². The van der Waals surface area contributed by atoms with Crippen LogP contribution in [0.25, 0.3) is 0 Å². The average molecular weight is 306 g/mol. The Kier molecular flexibility index (Phi) is 5.69. The summed E-state index contributed by atoms with van der Waals surface area (Å²) in [6.45, 7) is 11.1. The number of Topliss-reactive ketones (excluding diaryl/α,β-unsaturated/α-hetero) is 1. The van der Waals surface area contributed by atoms with Crippen LogP contribution >= 0.6 is 0 Å². The number of hydrogen-bond acceptors (Lipinski definition) is 4. The number of nitrogens with one attached hydrogen (secondary N) is 1. The molecule has 1 amide bonds. The summed E-state index contributed by atoms with van der Waals surface area (Å²) in [4.78, 5) is 28.7. The number of carbonyl (C=O) groups excluding carboxylic acids is 2. The molecule has 1 atom stereocenters. The Morgan fingerprint density at radius 1 is 1.18 bits per heavy atom. The Morgan fingerprint density at radius 3 is 2.27 bits per heavy atom. The van der Waals surface area contributed by atoms with Crippen LogP contribution in [0.3, 0.4) is 0 Å². The lowest BCUT2D eigenvalue weighted by molar-refractivity contribution is -0.122. The van der Waals surface area contributed by atoms with Crippen molar-refractivity contribution in [3.63, 3.8) is 0 Å². The van der Waals surface area contributed by atoms with Crippen LogP contribution in [-0.4, -0.2) is 28.5 Å². The summed E-state index contributed by atoms with van der Waals surface area (Å²) in [6.07, 6.45) is 1.25. The monoisotopic (exact) mass is 306 g/mol. The minimum atomic E-state index is -0.635. The molecule has 0 saturated heterocycles. The molecule has 22 heavy (non-hydrogen) atoms. The van der Waals surface area contributed by atoms with Gasteiger partial charge in [0.2, 0.25) is 0 Å². The van der Waals surface area contributed by atoms with Gasteiger partial charge in [0, 0.05) is 11.9 Å². The normalized spacial score (nSPS) is 13.4. The predicted octanol–water partition coefficient (Wildman–Crippen LogP) is 3.13. The summed E-state index contributed by atoms with van der Waals surface area (Å²) < 4.78 is 5.25. The van der Waals surface area contributed by atoms with Gasteiger partial charge < -0.3 is 10.1 Å². The highest BCUT2D eigenvalue weighted by atomic mass is 16.6. The number of aromatic nitrogens is 1. The van der Waals surface area contributed by atoms with Crippen molar-refractivity contribution in [2.75, 3.05) is 0 Å². The molecule has 1 aromatic rings. The van der Waals surface area contributed by atoms with Crippen LogP contribution in [0, 0.1) is 5.41 Å². The zero-order chi connectivity index (χ0) is 17.0. The van der Waals surface area contributed by atoms with Gasteiger partial charge in [-0.25, -0.2) is 4.79 Å². The van der Waals surface area contributed by atoms with Crippen molar-refractivity contribution in [3.05, 3.63) is 30.1 Å². The fourth-order valence-corrected chi connectivity index (χ4v) is 1.99. The van der Waals surface area contributed by atoms with Gasteiger partial charge in [0.25, 0.3) is 0 Å². The second-order valence-corrected chi connectivity index (χ2v) is 7.41. The van der Waals surface area contributed by atoms with Gasteiger partial charge in [-0.05, 0) is 38.3 Å². The molecule has 0 fully saturated rings. The fourth-order valence-electron chi connectivity index (χ4n) is 1.99. The van der Waals surface area contributed by atoms with E-state index in [1.54, 1.807) is 39.1 Å². The molecule has 1 aromatic heterocycles. The number of carbonyl (C=O) groups is 2. The van der Waals surface area contributed by atoms with Gasteiger partial charge in [-0.3, -0.25) is 9.78 Å². The second kappa shape index (κ2) is 6.90. The first-order valence-electron chi connectivity index (χ1n) is 7.41. The Bertz CT molecular complexity index is 513. The third-order valence-electron chi connectivity index (χ3n) is 2.93. The predicted molar refractivity (Wildman–Crippen MR) is 85.6 cm³/mol. The number of ether oxygens (including phenoxy) is 1. The van der Waals surface area contributed by atoms with E-state index < -0.39 is 23.2 Å². The van der Waals surface area contributed by atoms with Crippen LogP contribution < -0.4 is 5.32 Å². The van der Waals surface area contributed by atoms with Crippen molar-refractivity contribution in [2.45, 2.75) is 59.6 Å². The van der Waals surface area contributed by atoms with E-state index in [0.717, 1.165) is 0 Å². The number of ketones is 1. The SMILES string of the molecule is CC(C)(C)OC(=O)N[C@H](C(=O)Cc1ccccn1)C(C)(C)C. The van der Waals surface area contributed by atoms with Gasteiger partial charge >= 0.3 is 6.09 Å². The lowest BCUT2D eigenvalue weighted by Crippen LogP contribution is -2.51. The lowest BCUT2D eigenvalue weighted by Gasteiger charge is -2.31. The molecule has 0 aliphatic carbocycles. The minimum absolute atomic E-state index is 0.0861. The Hall–Kier alpha value is -1.91. The smallest absolute Gasteiger partial charge is 0.408 e. The summed E-state index contributed by atoms with van der Waals surface area (Å²) in [5.74, 6) is -0.0861. The summed E-state index contributed by atoms with van der Waals surface area (Å²) in [5, 5.41) is 2.70. The maximum absolute atomic E-state index is 12.6. The van der Waals surface area contributed by atoms with Crippen LogP contribution in [0.5, 0.6) is 0 Å². The molecular formula is C17H26N2O3. The van der Waals surface area contributed by atoms with E-state index in [4.69, 9.17) is 4.74 Å². The van der Waals surface area contributed by atoms with Gasteiger partial charge in [-0.15, -0.1) is 0 Å².